The summed E-state index contributed by atoms with van der Waals surface area (Å²) >= 11 is 0. The van der Waals surface area contributed by atoms with Gasteiger partial charge in [0.2, 0.25) is 0 Å². The highest BCUT2D eigenvalue weighted by atomic mass is 14.1. The summed E-state index contributed by atoms with van der Waals surface area (Å²) in [5.74, 6) is 0.779. The molecule has 0 radical (unpaired) electrons. The quantitative estimate of drug-likeness (QED) is 0.393. The van der Waals surface area contributed by atoms with Crippen LogP contribution in [0, 0.1) is 5.92 Å². The third-order valence-electron chi connectivity index (χ3n) is 2.35. The Kier molecular flexibility index (Phi) is 13.7. The van der Waals surface area contributed by atoms with Gasteiger partial charge in [-0.25, -0.2) is 0 Å². The molecule has 13 heavy (non-hydrogen) atoms. The maximum atomic E-state index is 4.01. The molecule has 0 nitrogen and oxygen atoms in total. The van der Waals surface area contributed by atoms with Crippen molar-refractivity contribution in [3.05, 3.63) is 12.2 Å². The van der Waals surface area contributed by atoms with Crippen molar-refractivity contribution in [3.63, 3.8) is 0 Å². The number of unbranched alkanes of at least 4 members (excludes halogenated alkanes) is 2. The van der Waals surface area contributed by atoms with Crippen molar-refractivity contribution >= 4 is 0 Å². The molecule has 0 rings (SSSR count). The van der Waals surface area contributed by atoms with E-state index in [1.807, 2.05) is 13.8 Å². The second-order valence-corrected chi connectivity index (χ2v) is 3.45. The second-order valence-electron chi connectivity index (χ2n) is 3.45. The number of hydrogen-bond acceptors (Lipinski definition) is 0. The van der Waals surface area contributed by atoms with E-state index >= 15 is 0 Å². The largest absolute Gasteiger partial charge is 0.0999 e. The molecule has 0 aromatic heterocycles. The van der Waals surface area contributed by atoms with Crippen molar-refractivity contribution in [2.75, 3.05) is 0 Å². The van der Waals surface area contributed by atoms with Gasteiger partial charge in [-0.15, -0.1) is 0 Å². The minimum absolute atomic E-state index is 0.779. The Morgan fingerprint density at radius 1 is 1.15 bits per heavy atom. The molecule has 0 bridgehead atoms. The SMILES string of the molecule is C=C(C)C(CC)CCCCC.CC. The van der Waals surface area contributed by atoms with Crippen LogP contribution in [0.5, 0.6) is 0 Å². The van der Waals surface area contributed by atoms with Crippen LogP contribution in [0.1, 0.15) is 66.7 Å². The zero-order valence-corrected chi connectivity index (χ0v) is 10.3. The van der Waals surface area contributed by atoms with E-state index in [4.69, 9.17) is 0 Å². The van der Waals surface area contributed by atoms with E-state index in [0.29, 0.717) is 0 Å². The summed E-state index contributed by atoms with van der Waals surface area (Å²) in [4.78, 5) is 0. The predicted octanol–water partition coefficient (Wildman–Crippen LogP) is 5.20. The molecule has 0 N–H and O–H groups in total. The Balaban J connectivity index is 0. The molecule has 0 saturated heterocycles. The third-order valence-corrected chi connectivity index (χ3v) is 2.35. The van der Waals surface area contributed by atoms with Crippen LogP contribution in [0.15, 0.2) is 12.2 Å². The fourth-order valence-electron chi connectivity index (χ4n) is 1.44. The molecular weight excluding hydrogens is 156 g/mol. The van der Waals surface area contributed by atoms with Crippen LogP contribution in [0.3, 0.4) is 0 Å². The standard InChI is InChI=1S/C11H22.C2H6/c1-5-7-8-9-11(6-2)10(3)4;1-2/h11H,3,5-9H2,1-2,4H3;1-2H3. The highest BCUT2D eigenvalue weighted by Gasteiger charge is 2.04. The van der Waals surface area contributed by atoms with E-state index in [0.717, 1.165) is 5.92 Å². The number of hydrogen-bond donors (Lipinski definition) is 0. The van der Waals surface area contributed by atoms with Crippen molar-refractivity contribution in [3.8, 4) is 0 Å². The first-order valence-corrected chi connectivity index (χ1v) is 5.87. The van der Waals surface area contributed by atoms with E-state index in [1.165, 1.54) is 37.7 Å². The van der Waals surface area contributed by atoms with Crippen LogP contribution in [0.25, 0.3) is 0 Å². The van der Waals surface area contributed by atoms with Gasteiger partial charge in [-0.05, 0) is 25.7 Å². The van der Waals surface area contributed by atoms with Crippen molar-refractivity contribution in [2.45, 2.75) is 66.7 Å². The molecule has 0 heteroatoms. The van der Waals surface area contributed by atoms with Crippen LogP contribution in [-0.4, -0.2) is 0 Å². The lowest BCUT2D eigenvalue weighted by atomic mass is 9.93. The summed E-state index contributed by atoms with van der Waals surface area (Å²) in [5.41, 5.74) is 1.36. The maximum absolute atomic E-state index is 4.01. The predicted molar refractivity (Wildman–Crippen MR) is 64.1 cm³/mol. The van der Waals surface area contributed by atoms with E-state index in [1.54, 1.807) is 0 Å². The fraction of sp³-hybridized carbons (Fsp3) is 0.846. The molecule has 1 atom stereocenters. The average Bonchev–Trinajstić information content (AvgIpc) is 2.15. The van der Waals surface area contributed by atoms with Crippen LogP contribution in [-0.2, 0) is 0 Å². The Bertz CT molecular complexity index is 103. The summed E-state index contributed by atoms with van der Waals surface area (Å²) in [6.45, 7) is 14.7. The average molecular weight is 184 g/mol. The minimum Gasteiger partial charge on any atom is -0.0999 e. The summed E-state index contributed by atoms with van der Waals surface area (Å²) in [6, 6.07) is 0. The molecular formula is C13H28. The van der Waals surface area contributed by atoms with E-state index < -0.39 is 0 Å². The van der Waals surface area contributed by atoms with Crippen molar-refractivity contribution < 1.29 is 0 Å². The number of allylic oxidation sites excluding steroid dienone is 1. The molecule has 0 heterocycles. The van der Waals surface area contributed by atoms with Gasteiger partial charge < -0.3 is 0 Å². The zero-order valence-electron chi connectivity index (χ0n) is 10.3. The van der Waals surface area contributed by atoms with Gasteiger partial charge in [0, 0.05) is 0 Å². The molecule has 0 spiro atoms. The Morgan fingerprint density at radius 2 is 1.69 bits per heavy atom. The first-order chi connectivity index (χ1) is 6.22. The molecule has 0 aromatic carbocycles. The molecule has 0 aliphatic carbocycles. The monoisotopic (exact) mass is 184 g/mol. The molecule has 0 amide bonds. The summed E-state index contributed by atoms with van der Waals surface area (Å²) in [6.07, 6.45) is 6.69. The smallest absolute Gasteiger partial charge is 0.0211 e. The Hall–Kier alpha value is -0.260. The van der Waals surface area contributed by atoms with E-state index in [2.05, 4.69) is 27.4 Å². The third kappa shape index (κ3) is 9.66. The lowest BCUT2D eigenvalue weighted by Gasteiger charge is -2.13. The molecule has 80 valence electrons. The lowest BCUT2D eigenvalue weighted by molar-refractivity contribution is 0.505. The van der Waals surface area contributed by atoms with Crippen LogP contribution in [0.4, 0.5) is 0 Å². The molecule has 0 aliphatic rings. The molecule has 0 aromatic rings. The summed E-state index contributed by atoms with van der Waals surface area (Å²) < 4.78 is 0. The summed E-state index contributed by atoms with van der Waals surface area (Å²) in [5, 5.41) is 0. The van der Waals surface area contributed by atoms with Gasteiger partial charge in [0.25, 0.3) is 0 Å². The van der Waals surface area contributed by atoms with E-state index in [9.17, 15) is 0 Å². The minimum atomic E-state index is 0.779. The molecule has 0 aliphatic heterocycles. The highest BCUT2D eigenvalue weighted by Crippen LogP contribution is 2.19. The second kappa shape index (κ2) is 11.7. The van der Waals surface area contributed by atoms with Gasteiger partial charge in [-0.1, -0.05) is 59.1 Å². The first kappa shape index (κ1) is 15.2. The van der Waals surface area contributed by atoms with Crippen molar-refractivity contribution in [2.24, 2.45) is 5.92 Å². The lowest BCUT2D eigenvalue weighted by Crippen LogP contribution is -1.98. The van der Waals surface area contributed by atoms with Gasteiger partial charge in [0.1, 0.15) is 0 Å². The molecule has 1 unspecified atom stereocenters. The maximum Gasteiger partial charge on any atom is -0.0211 e. The Labute approximate surface area is 85.4 Å². The van der Waals surface area contributed by atoms with Gasteiger partial charge in [-0.2, -0.15) is 0 Å². The number of rotatable bonds is 6. The van der Waals surface area contributed by atoms with Crippen molar-refractivity contribution in [1.82, 2.24) is 0 Å². The van der Waals surface area contributed by atoms with Crippen molar-refractivity contribution in [1.29, 1.82) is 0 Å². The molecule has 0 fully saturated rings. The highest BCUT2D eigenvalue weighted by molar-refractivity contribution is 4.95. The van der Waals surface area contributed by atoms with Crippen LogP contribution >= 0.6 is 0 Å². The van der Waals surface area contributed by atoms with Gasteiger partial charge >= 0.3 is 0 Å². The fourth-order valence-corrected chi connectivity index (χ4v) is 1.44. The zero-order chi connectivity index (χ0) is 10.7. The summed E-state index contributed by atoms with van der Waals surface area (Å²) in [7, 11) is 0. The topological polar surface area (TPSA) is 0 Å². The van der Waals surface area contributed by atoms with Gasteiger partial charge in [0.15, 0.2) is 0 Å². The normalized spacial score (nSPS) is 11.5. The van der Waals surface area contributed by atoms with Gasteiger partial charge in [0.05, 0.1) is 0 Å². The van der Waals surface area contributed by atoms with Crippen LogP contribution < -0.4 is 0 Å². The molecule has 0 saturated carbocycles. The van der Waals surface area contributed by atoms with Crippen LogP contribution in [0.2, 0.25) is 0 Å². The van der Waals surface area contributed by atoms with Gasteiger partial charge in [-0.3, -0.25) is 0 Å². The Morgan fingerprint density at radius 3 is 2.00 bits per heavy atom. The van der Waals surface area contributed by atoms with E-state index in [-0.39, 0.29) is 0 Å². The first-order valence-electron chi connectivity index (χ1n) is 5.87.